The maximum atomic E-state index is 11.7. The van der Waals surface area contributed by atoms with Gasteiger partial charge in [0, 0.05) is 0 Å². The molecule has 0 saturated carbocycles. The molecular formula is C15H28N2O5. The summed E-state index contributed by atoms with van der Waals surface area (Å²) in [7, 11) is 0. The number of nitrogens with one attached hydrogen (secondary N) is 2. The van der Waals surface area contributed by atoms with Gasteiger partial charge in [0.15, 0.2) is 0 Å². The zero-order valence-electron chi connectivity index (χ0n) is 14.0. The molecule has 0 aromatic rings. The van der Waals surface area contributed by atoms with Crippen LogP contribution in [0.1, 0.15) is 47.5 Å². The molecule has 1 saturated heterocycles. The lowest BCUT2D eigenvalue weighted by Crippen LogP contribution is -2.51. The zero-order valence-corrected chi connectivity index (χ0v) is 14.0. The van der Waals surface area contributed by atoms with Crippen molar-refractivity contribution in [2.45, 2.75) is 77.4 Å². The second-order valence-electron chi connectivity index (χ2n) is 6.77. The Morgan fingerprint density at radius 3 is 2.36 bits per heavy atom. The number of hydrogen-bond acceptors (Lipinski definition) is 5. The van der Waals surface area contributed by atoms with Crippen LogP contribution in [0, 0.1) is 0 Å². The van der Waals surface area contributed by atoms with E-state index >= 15 is 0 Å². The second-order valence-corrected chi connectivity index (χ2v) is 6.77. The van der Waals surface area contributed by atoms with Crippen LogP contribution >= 0.6 is 0 Å². The van der Waals surface area contributed by atoms with Gasteiger partial charge in [0.2, 0.25) is 5.91 Å². The SMILES string of the molecule is C[C@H](NC(=O)[C@@H](C)O)[C@@H]1CC[C@@H](NC(=O)OC(C)(C)C)CO1. The van der Waals surface area contributed by atoms with Gasteiger partial charge in [0.1, 0.15) is 11.7 Å². The smallest absolute Gasteiger partial charge is 0.407 e. The average Bonchev–Trinajstić information content (AvgIpc) is 2.36. The van der Waals surface area contributed by atoms with Gasteiger partial charge in [-0.05, 0) is 47.5 Å². The maximum absolute atomic E-state index is 11.7. The van der Waals surface area contributed by atoms with Crippen LogP contribution in [0.4, 0.5) is 4.79 Å². The number of carbonyl (C=O) groups excluding carboxylic acids is 2. The van der Waals surface area contributed by atoms with Crippen LogP contribution in [0.25, 0.3) is 0 Å². The summed E-state index contributed by atoms with van der Waals surface area (Å²) < 4.78 is 10.9. The van der Waals surface area contributed by atoms with E-state index in [-0.39, 0.29) is 18.2 Å². The minimum absolute atomic E-state index is 0.0919. The van der Waals surface area contributed by atoms with Crippen molar-refractivity contribution < 1.29 is 24.2 Å². The largest absolute Gasteiger partial charge is 0.444 e. The Hall–Kier alpha value is -1.34. The van der Waals surface area contributed by atoms with Gasteiger partial charge in [-0.15, -0.1) is 0 Å². The molecule has 1 rings (SSSR count). The number of ether oxygens (including phenoxy) is 2. The predicted octanol–water partition coefficient (Wildman–Crippen LogP) is 0.944. The highest BCUT2D eigenvalue weighted by Crippen LogP contribution is 2.17. The van der Waals surface area contributed by atoms with Crippen molar-refractivity contribution in [1.29, 1.82) is 0 Å². The topological polar surface area (TPSA) is 96.9 Å². The monoisotopic (exact) mass is 316 g/mol. The molecule has 2 amide bonds. The van der Waals surface area contributed by atoms with Gasteiger partial charge in [0.05, 0.1) is 24.8 Å². The Morgan fingerprint density at radius 1 is 1.27 bits per heavy atom. The molecule has 0 aromatic heterocycles. The van der Waals surface area contributed by atoms with Gasteiger partial charge in [-0.3, -0.25) is 4.79 Å². The zero-order chi connectivity index (χ0) is 16.9. The highest BCUT2D eigenvalue weighted by molar-refractivity contribution is 5.80. The van der Waals surface area contributed by atoms with Crippen molar-refractivity contribution in [3.63, 3.8) is 0 Å². The number of amides is 2. The molecule has 0 unspecified atom stereocenters. The summed E-state index contributed by atoms with van der Waals surface area (Å²) in [6.45, 7) is 9.07. The normalized spacial score (nSPS) is 25.0. The molecule has 1 heterocycles. The van der Waals surface area contributed by atoms with Crippen molar-refractivity contribution in [2.24, 2.45) is 0 Å². The Kier molecular flexibility index (Phi) is 6.62. The van der Waals surface area contributed by atoms with Gasteiger partial charge in [-0.25, -0.2) is 4.79 Å². The average molecular weight is 316 g/mol. The molecule has 0 aliphatic carbocycles. The van der Waals surface area contributed by atoms with Crippen molar-refractivity contribution in [1.82, 2.24) is 10.6 Å². The predicted molar refractivity (Wildman–Crippen MR) is 81.4 cm³/mol. The molecule has 0 aromatic carbocycles. The molecular weight excluding hydrogens is 288 g/mol. The molecule has 1 fully saturated rings. The molecule has 7 nitrogen and oxygen atoms in total. The van der Waals surface area contributed by atoms with Crippen molar-refractivity contribution in [2.75, 3.05) is 6.61 Å². The van der Waals surface area contributed by atoms with Gasteiger partial charge < -0.3 is 25.2 Å². The van der Waals surface area contributed by atoms with Crippen LogP contribution in [-0.4, -0.2) is 53.6 Å². The summed E-state index contributed by atoms with van der Waals surface area (Å²) in [4.78, 5) is 23.1. The number of aliphatic hydroxyl groups excluding tert-OH is 1. The summed E-state index contributed by atoms with van der Waals surface area (Å²) in [5.41, 5.74) is -0.526. The van der Waals surface area contributed by atoms with E-state index in [9.17, 15) is 14.7 Å². The van der Waals surface area contributed by atoms with E-state index in [2.05, 4.69) is 10.6 Å². The third-order valence-electron chi connectivity index (χ3n) is 3.34. The lowest BCUT2D eigenvalue weighted by molar-refractivity contribution is -0.130. The number of alkyl carbamates (subject to hydrolysis) is 1. The minimum Gasteiger partial charge on any atom is -0.444 e. The highest BCUT2D eigenvalue weighted by Gasteiger charge is 2.29. The van der Waals surface area contributed by atoms with Gasteiger partial charge in [-0.2, -0.15) is 0 Å². The van der Waals surface area contributed by atoms with Crippen LogP contribution in [0.3, 0.4) is 0 Å². The molecule has 1 aliphatic heterocycles. The van der Waals surface area contributed by atoms with Crippen LogP contribution in [0.15, 0.2) is 0 Å². The van der Waals surface area contributed by atoms with E-state index < -0.39 is 23.7 Å². The van der Waals surface area contributed by atoms with Crippen LogP contribution < -0.4 is 10.6 Å². The fourth-order valence-electron chi connectivity index (χ4n) is 2.19. The van der Waals surface area contributed by atoms with E-state index in [0.717, 1.165) is 6.42 Å². The van der Waals surface area contributed by atoms with Crippen molar-refractivity contribution >= 4 is 12.0 Å². The standard InChI is InChI=1S/C15H28N2O5/c1-9(16-13(19)10(2)18)12-7-6-11(8-21-12)17-14(20)22-15(3,4)5/h9-12,18H,6-8H2,1-5H3,(H,16,19)(H,17,20)/t9-,10+,11+,12-/m0/s1. The number of hydrogen-bond donors (Lipinski definition) is 3. The van der Waals surface area contributed by atoms with Gasteiger partial charge in [0.25, 0.3) is 0 Å². The summed E-state index contributed by atoms with van der Waals surface area (Å²) in [5.74, 6) is -0.412. The molecule has 22 heavy (non-hydrogen) atoms. The molecule has 0 spiro atoms. The number of rotatable bonds is 4. The summed E-state index contributed by atoms with van der Waals surface area (Å²) in [5, 5.41) is 14.7. The Labute approximate surface area is 131 Å². The number of aliphatic hydroxyl groups is 1. The van der Waals surface area contributed by atoms with Gasteiger partial charge >= 0.3 is 6.09 Å². The first-order chi connectivity index (χ1) is 10.1. The Bertz CT molecular complexity index is 384. The third-order valence-corrected chi connectivity index (χ3v) is 3.34. The molecule has 1 aliphatic rings. The summed E-state index contributed by atoms with van der Waals surface area (Å²) >= 11 is 0. The Morgan fingerprint density at radius 2 is 1.91 bits per heavy atom. The van der Waals surface area contributed by atoms with Crippen LogP contribution in [0.5, 0.6) is 0 Å². The molecule has 0 bridgehead atoms. The van der Waals surface area contributed by atoms with E-state index in [1.807, 2.05) is 27.7 Å². The second kappa shape index (κ2) is 7.78. The lowest BCUT2D eigenvalue weighted by atomic mass is 10.00. The molecule has 128 valence electrons. The highest BCUT2D eigenvalue weighted by atomic mass is 16.6. The minimum atomic E-state index is -1.03. The van der Waals surface area contributed by atoms with E-state index in [4.69, 9.17) is 9.47 Å². The van der Waals surface area contributed by atoms with Crippen LogP contribution in [-0.2, 0) is 14.3 Å². The van der Waals surface area contributed by atoms with Gasteiger partial charge in [-0.1, -0.05) is 0 Å². The first-order valence-electron chi connectivity index (χ1n) is 7.68. The lowest BCUT2D eigenvalue weighted by Gasteiger charge is -2.33. The molecule has 3 N–H and O–H groups in total. The van der Waals surface area contributed by atoms with E-state index in [1.165, 1.54) is 6.92 Å². The molecule has 7 heteroatoms. The van der Waals surface area contributed by atoms with Crippen molar-refractivity contribution in [3.05, 3.63) is 0 Å². The van der Waals surface area contributed by atoms with E-state index in [0.29, 0.717) is 13.0 Å². The fourth-order valence-corrected chi connectivity index (χ4v) is 2.19. The Balaban J connectivity index is 2.34. The molecule has 0 radical (unpaired) electrons. The first-order valence-corrected chi connectivity index (χ1v) is 7.68. The fraction of sp³-hybridized carbons (Fsp3) is 0.867. The summed E-state index contributed by atoms with van der Waals surface area (Å²) in [6.07, 6.45) is -0.150. The summed E-state index contributed by atoms with van der Waals surface area (Å²) in [6, 6.07) is -0.282. The quantitative estimate of drug-likeness (QED) is 0.717. The number of carbonyl (C=O) groups is 2. The van der Waals surface area contributed by atoms with Crippen LogP contribution in [0.2, 0.25) is 0 Å². The molecule has 4 atom stereocenters. The maximum Gasteiger partial charge on any atom is 0.407 e. The van der Waals surface area contributed by atoms with E-state index in [1.54, 1.807) is 0 Å². The van der Waals surface area contributed by atoms with Crippen molar-refractivity contribution in [3.8, 4) is 0 Å². The third kappa shape index (κ3) is 6.62. The first kappa shape index (κ1) is 18.7.